The number of benzene rings is 3. The molecule has 6 aromatic rings. The number of aromatic nitrogens is 4. The molecule has 0 bridgehead atoms. The van der Waals surface area contributed by atoms with Gasteiger partial charge in [0.2, 0.25) is 0 Å². The first-order valence-corrected chi connectivity index (χ1v) is 17.6. The summed E-state index contributed by atoms with van der Waals surface area (Å²) in [5, 5.41) is 10.3. The van der Waals surface area contributed by atoms with Gasteiger partial charge in [0.1, 0.15) is 11.4 Å². The first-order chi connectivity index (χ1) is 24.3. The summed E-state index contributed by atoms with van der Waals surface area (Å²) in [5.41, 5.74) is 9.60. The van der Waals surface area contributed by atoms with Gasteiger partial charge in [0, 0.05) is 81.8 Å². The standard InChI is InChI=1S/C39H38Cl2N6O4/c1-20-15-26(16-21(2)35(20)41)51-14-8-9-27-28-11-12-30(40)34(33-23(4)42-45(7)24(33)5)36(28)47-22(3)18-46(39(49)37(27)47)32-19-44(6)31-13-10-25(17-29(31)32)38(48)43-50/h10-13,15-17,19,22H,8-9,14,18H2,1-7H3/t22-/m1/s1. The highest BCUT2D eigenvalue weighted by molar-refractivity contribution is 6.35. The maximum Gasteiger partial charge on any atom is 0.316 e. The average Bonchev–Trinajstić information content (AvgIpc) is 3.70. The van der Waals surface area contributed by atoms with Crippen molar-refractivity contribution in [2.75, 3.05) is 18.1 Å². The molecule has 4 heterocycles. The van der Waals surface area contributed by atoms with Crippen molar-refractivity contribution in [1.29, 1.82) is 0 Å². The van der Waals surface area contributed by atoms with Gasteiger partial charge in [0.25, 0.3) is 5.91 Å². The zero-order valence-electron chi connectivity index (χ0n) is 29.6. The van der Waals surface area contributed by atoms with E-state index in [1.165, 1.54) is 0 Å². The Morgan fingerprint density at radius 2 is 1.73 bits per heavy atom. The highest BCUT2D eigenvalue weighted by atomic mass is 35.5. The van der Waals surface area contributed by atoms with Crippen LogP contribution in [0.15, 0.2) is 53.8 Å². The van der Waals surface area contributed by atoms with E-state index in [2.05, 4.69) is 16.7 Å². The number of carbonyl (C=O) groups excluding carboxylic acids is 2. The molecule has 0 unspecified atom stereocenters. The van der Waals surface area contributed by atoms with Crippen molar-refractivity contribution in [3.63, 3.8) is 0 Å². The quantitative estimate of drug-likeness (QED) is 0.115. The lowest BCUT2D eigenvalue weighted by Crippen LogP contribution is -2.42. The molecule has 262 valence electrons. The predicted octanol–water partition coefficient (Wildman–Crippen LogP) is 9.21. The van der Waals surface area contributed by atoms with Crippen LogP contribution in [-0.2, 0) is 20.5 Å². The van der Waals surface area contributed by atoms with Crippen molar-refractivity contribution < 1.29 is 14.3 Å². The summed E-state index contributed by atoms with van der Waals surface area (Å²) >= 11 is 13.5. The van der Waals surface area contributed by atoms with Gasteiger partial charge in [-0.3, -0.25) is 14.3 Å². The van der Waals surface area contributed by atoms with Crippen LogP contribution in [0.1, 0.15) is 68.3 Å². The van der Waals surface area contributed by atoms with E-state index in [0.29, 0.717) is 47.8 Å². The Labute approximate surface area is 305 Å². The van der Waals surface area contributed by atoms with Gasteiger partial charge < -0.3 is 18.8 Å². The summed E-state index contributed by atoms with van der Waals surface area (Å²) in [4.78, 5) is 40.1. The molecule has 0 radical (unpaired) electrons. The molecule has 51 heavy (non-hydrogen) atoms. The summed E-state index contributed by atoms with van der Waals surface area (Å²) < 4.78 is 12.1. The fraction of sp³-hybridized carbons (Fsp3) is 0.308. The van der Waals surface area contributed by atoms with E-state index in [4.69, 9.17) is 33.0 Å². The van der Waals surface area contributed by atoms with Crippen LogP contribution in [0.4, 0.5) is 5.69 Å². The summed E-state index contributed by atoms with van der Waals surface area (Å²) in [7, 11) is 3.81. The zero-order valence-corrected chi connectivity index (χ0v) is 31.1. The molecule has 1 aliphatic rings. The number of rotatable bonds is 8. The van der Waals surface area contributed by atoms with E-state index < -0.39 is 5.91 Å². The molecule has 1 aliphatic heterocycles. The Morgan fingerprint density at radius 1 is 1.00 bits per heavy atom. The number of halogens is 2. The van der Waals surface area contributed by atoms with E-state index in [9.17, 15) is 14.5 Å². The fourth-order valence-electron chi connectivity index (χ4n) is 7.71. The smallest absolute Gasteiger partial charge is 0.316 e. The molecule has 0 spiro atoms. The number of hydrogen-bond donors (Lipinski definition) is 0. The van der Waals surface area contributed by atoms with Crippen molar-refractivity contribution in [3.05, 3.63) is 103 Å². The molecule has 1 atom stereocenters. The zero-order chi connectivity index (χ0) is 36.5. The summed E-state index contributed by atoms with van der Waals surface area (Å²) in [6.45, 7) is 10.8. The molecule has 0 saturated carbocycles. The molecular weight excluding hydrogens is 687 g/mol. The van der Waals surface area contributed by atoms with Gasteiger partial charge in [0.15, 0.2) is 0 Å². The summed E-state index contributed by atoms with van der Waals surface area (Å²) in [6.07, 6.45) is 3.11. The van der Waals surface area contributed by atoms with Crippen LogP contribution in [0, 0.1) is 32.6 Å². The van der Waals surface area contributed by atoms with Crippen LogP contribution in [0.2, 0.25) is 10.0 Å². The number of nitroso groups, excluding NO2 is 1. The van der Waals surface area contributed by atoms with E-state index in [1.54, 1.807) is 23.1 Å². The van der Waals surface area contributed by atoms with Gasteiger partial charge in [-0.05, 0) is 101 Å². The SMILES string of the molecule is Cc1cc(OCCCc2c3n(c4c(-c5c(C)nn(C)c5C)c(Cl)ccc24)[C@H](C)CN(c2cn(C)c4ccc(C(=O)N=O)cc24)C3=O)cc(C)c1Cl. The molecule has 12 heteroatoms. The molecule has 0 N–H and O–H groups in total. The van der Waals surface area contributed by atoms with Gasteiger partial charge in [-0.15, -0.1) is 4.91 Å². The molecule has 0 aliphatic carbocycles. The Balaban J connectivity index is 1.38. The third kappa shape index (κ3) is 5.61. The van der Waals surface area contributed by atoms with E-state index in [-0.39, 0.29) is 17.5 Å². The maximum absolute atomic E-state index is 15.0. The number of aryl methyl sites for hydroxylation is 6. The average molecular weight is 726 g/mol. The molecule has 0 saturated heterocycles. The molecule has 3 aromatic carbocycles. The first-order valence-electron chi connectivity index (χ1n) is 16.9. The van der Waals surface area contributed by atoms with Gasteiger partial charge >= 0.3 is 5.91 Å². The van der Waals surface area contributed by atoms with Crippen LogP contribution < -0.4 is 9.64 Å². The highest BCUT2D eigenvalue weighted by Gasteiger charge is 2.37. The minimum Gasteiger partial charge on any atom is -0.494 e. The topological polar surface area (TPSA) is 104 Å². The van der Waals surface area contributed by atoms with Crippen LogP contribution in [0.25, 0.3) is 32.9 Å². The normalized spacial score (nSPS) is 14.5. The minimum atomic E-state index is -0.857. The Hall–Kier alpha value is -4.93. The van der Waals surface area contributed by atoms with Gasteiger partial charge in [-0.2, -0.15) is 5.10 Å². The Morgan fingerprint density at radius 3 is 2.39 bits per heavy atom. The maximum atomic E-state index is 15.0. The van der Waals surface area contributed by atoms with Crippen LogP contribution in [0.3, 0.4) is 0 Å². The van der Waals surface area contributed by atoms with Gasteiger partial charge in [0.05, 0.1) is 28.5 Å². The van der Waals surface area contributed by atoms with Crippen molar-refractivity contribution in [2.24, 2.45) is 19.3 Å². The predicted molar refractivity (Wildman–Crippen MR) is 203 cm³/mol. The molecule has 10 nitrogen and oxygen atoms in total. The molecule has 2 amide bonds. The second kappa shape index (κ2) is 13.0. The third-order valence-electron chi connectivity index (χ3n) is 10.2. The molecular formula is C39H38Cl2N6O4. The summed E-state index contributed by atoms with van der Waals surface area (Å²) in [6, 6.07) is 12.6. The monoisotopic (exact) mass is 724 g/mol. The minimum absolute atomic E-state index is 0.156. The van der Waals surface area contributed by atoms with E-state index in [1.807, 2.05) is 81.5 Å². The number of hydrogen-bond acceptors (Lipinski definition) is 5. The number of carbonyl (C=O) groups is 2. The van der Waals surface area contributed by atoms with E-state index in [0.717, 1.165) is 66.4 Å². The number of fused-ring (bicyclic) bond motifs is 4. The molecule has 0 fully saturated rings. The highest BCUT2D eigenvalue weighted by Crippen LogP contribution is 2.45. The van der Waals surface area contributed by atoms with Crippen molar-refractivity contribution >= 4 is 62.5 Å². The fourth-order valence-corrected chi connectivity index (χ4v) is 8.07. The Kier molecular flexibility index (Phi) is 8.80. The van der Waals surface area contributed by atoms with Gasteiger partial charge in [-0.25, -0.2) is 0 Å². The number of amides is 2. The second-order valence-corrected chi connectivity index (χ2v) is 14.3. The number of anilines is 1. The number of nitrogens with zero attached hydrogens (tertiary/aromatic N) is 6. The lowest BCUT2D eigenvalue weighted by Gasteiger charge is -2.34. The van der Waals surface area contributed by atoms with Gasteiger partial charge in [-0.1, -0.05) is 29.3 Å². The van der Waals surface area contributed by atoms with Crippen molar-refractivity contribution in [1.82, 2.24) is 18.9 Å². The van der Waals surface area contributed by atoms with Crippen LogP contribution in [0.5, 0.6) is 5.75 Å². The van der Waals surface area contributed by atoms with Crippen LogP contribution in [-0.4, -0.2) is 43.9 Å². The molecule has 7 rings (SSSR count). The lowest BCUT2D eigenvalue weighted by molar-refractivity contribution is 0.0956. The van der Waals surface area contributed by atoms with E-state index >= 15 is 0 Å². The lowest BCUT2D eigenvalue weighted by atomic mass is 9.98. The molecule has 3 aromatic heterocycles. The second-order valence-electron chi connectivity index (χ2n) is 13.5. The van der Waals surface area contributed by atoms with Crippen LogP contribution >= 0.6 is 23.2 Å². The summed E-state index contributed by atoms with van der Waals surface area (Å²) in [5.74, 6) is -0.267. The first kappa shape index (κ1) is 34.5. The largest absolute Gasteiger partial charge is 0.494 e. The van der Waals surface area contributed by atoms with Crippen molar-refractivity contribution in [2.45, 2.75) is 53.5 Å². The van der Waals surface area contributed by atoms with Crippen molar-refractivity contribution in [3.8, 4) is 16.9 Å². The third-order valence-corrected chi connectivity index (χ3v) is 11.1. The number of ether oxygens (including phenoxy) is 1. The Bertz CT molecular complexity index is 2410.